The van der Waals surface area contributed by atoms with Crippen molar-refractivity contribution >= 4 is 11.6 Å². The molecule has 0 spiro atoms. The maximum absolute atomic E-state index is 12.7. The summed E-state index contributed by atoms with van der Waals surface area (Å²) in [5, 5.41) is 12.4. The van der Waals surface area contributed by atoms with Crippen molar-refractivity contribution in [3.63, 3.8) is 0 Å². The molecule has 3 N–H and O–H groups in total. The molecular formula is C21H30N4O. The summed E-state index contributed by atoms with van der Waals surface area (Å²) < 4.78 is 0. The molecule has 0 atom stereocenters. The number of anilines is 1. The van der Waals surface area contributed by atoms with Gasteiger partial charge < -0.3 is 16.0 Å². The van der Waals surface area contributed by atoms with Crippen LogP contribution in [0.1, 0.15) is 51.7 Å². The highest BCUT2D eigenvalue weighted by Gasteiger charge is 2.43. The van der Waals surface area contributed by atoms with Gasteiger partial charge in [0.1, 0.15) is 11.6 Å². The fourth-order valence-corrected chi connectivity index (χ4v) is 4.13. The van der Waals surface area contributed by atoms with Gasteiger partial charge in [-0.05, 0) is 66.0 Å². The Morgan fingerprint density at radius 2 is 1.85 bits per heavy atom. The number of aryl methyl sites for hydroxylation is 2. The first-order valence-electron chi connectivity index (χ1n) is 9.02. The van der Waals surface area contributed by atoms with Crippen LogP contribution in [0.15, 0.2) is 30.0 Å². The Bertz CT molecular complexity index is 753. The van der Waals surface area contributed by atoms with Gasteiger partial charge in [-0.1, -0.05) is 17.7 Å². The van der Waals surface area contributed by atoms with Gasteiger partial charge in [-0.2, -0.15) is 5.26 Å². The molecule has 0 radical (unpaired) electrons. The minimum Gasteiger partial charge on any atom is -0.366 e. The second-order valence-electron chi connectivity index (χ2n) is 8.59. The van der Waals surface area contributed by atoms with E-state index in [-0.39, 0.29) is 28.6 Å². The van der Waals surface area contributed by atoms with Crippen molar-refractivity contribution in [1.82, 2.24) is 4.90 Å². The van der Waals surface area contributed by atoms with Gasteiger partial charge in [-0.15, -0.1) is 0 Å². The van der Waals surface area contributed by atoms with Gasteiger partial charge in [0.25, 0.3) is 5.91 Å². The highest BCUT2D eigenvalue weighted by Crippen LogP contribution is 2.38. The Morgan fingerprint density at radius 3 is 2.35 bits per heavy atom. The second kappa shape index (κ2) is 7.13. The number of piperidine rings is 1. The lowest BCUT2D eigenvalue weighted by atomic mass is 9.77. The van der Waals surface area contributed by atoms with Crippen LogP contribution >= 0.6 is 0 Å². The Hall–Kier alpha value is -2.32. The number of hydrogen-bond donors (Lipinski definition) is 2. The van der Waals surface area contributed by atoms with E-state index in [1.54, 1.807) is 6.20 Å². The fourth-order valence-electron chi connectivity index (χ4n) is 4.13. The monoisotopic (exact) mass is 354 g/mol. The molecule has 140 valence electrons. The zero-order valence-corrected chi connectivity index (χ0v) is 16.7. The lowest BCUT2D eigenvalue weighted by molar-refractivity contribution is -0.112. The Morgan fingerprint density at radius 1 is 1.27 bits per heavy atom. The van der Waals surface area contributed by atoms with Crippen LogP contribution in [-0.4, -0.2) is 27.9 Å². The van der Waals surface area contributed by atoms with E-state index in [0.29, 0.717) is 0 Å². The van der Waals surface area contributed by atoms with Crippen molar-refractivity contribution in [3.8, 4) is 6.07 Å². The van der Waals surface area contributed by atoms with Crippen LogP contribution in [0.4, 0.5) is 5.69 Å². The number of carbonyl (C=O) groups excluding carboxylic acids is 1. The van der Waals surface area contributed by atoms with E-state index in [0.717, 1.165) is 29.7 Å². The predicted octanol–water partition coefficient (Wildman–Crippen LogP) is 3.63. The van der Waals surface area contributed by atoms with Gasteiger partial charge in [0.05, 0.1) is 0 Å². The van der Waals surface area contributed by atoms with Gasteiger partial charge in [0.15, 0.2) is 0 Å². The van der Waals surface area contributed by atoms with Crippen LogP contribution in [0.5, 0.6) is 0 Å². The quantitative estimate of drug-likeness (QED) is 0.641. The summed E-state index contributed by atoms with van der Waals surface area (Å²) in [4.78, 5) is 14.8. The third-order valence-electron chi connectivity index (χ3n) is 5.08. The second-order valence-corrected chi connectivity index (χ2v) is 8.59. The summed E-state index contributed by atoms with van der Waals surface area (Å²) in [6.07, 6.45) is 3.32. The summed E-state index contributed by atoms with van der Waals surface area (Å²) in [5.41, 5.74) is 8.67. The number of likely N-dealkylation sites (tertiary alicyclic amines) is 1. The number of carbonyl (C=O) groups is 1. The molecule has 1 aliphatic heterocycles. The van der Waals surface area contributed by atoms with E-state index < -0.39 is 0 Å². The largest absolute Gasteiger partial charge is 0.366 e. The zero-order chi connectivity index (χ0) is 19.7. The van der Waals surface area contributed by atoms with Gasteiger partial charge in [0.2, 0.25) is 0 Å². The van der Waals surface area contributed by atoms with Crippen LogP contribution in [-0.2, 0) is 4.79 Å². The molecule has 1 saturated heterocycles. The van der Waals surface area contributed by atoms with Gasteiger partial charge in [-0.25, -0.2) is 0 Å². The van der Waals surface area contributed by atoms with Crippen molar-refractivity contribution in [3.05, 3.63) is 41.1 Å². The molecule has 26 heavy (non-hydrogen) atoms. The van der Waals surface area contributed by atoms with Crippen LogP contribution in [0.3, 0.4) is 0 Å². The molecule has 1 aromatic rings. The van der Waals surface area contributed by atoms with Crippen LogP contribution in [0.2, 0.25) is 0 Å². The fraction of sp³-hybridized carbons (Fsp3) is 0.524. The number of nitrogens with one attached hydrogen (secondary N) is 1. The molecular weight excluding hydrogens is 324 g/mol. The first-order chi connectivity index (χ1) is 12.0. The zero-order valence-electron chi connectivity index (χ0n) is 16.7. The molecule has 0 aliphatic carbocycles. The summed E-state index contributed by atoms with van der Waals surface area (Å²) in [6.45, 7) is 12.3. The molecule has 0 bridgehead atoms. The van der Waals surface area contributed by atoms with E-state index in [9.17, 15) is 10.1 Å². The average Bonchev–Trinajstić information content (AvgIpc) is 2.47. The normalized spacial score (nSPS) is 19.8. The number of amides is 1. The number of nitrogens with two attached hydrogens (primary N) is 1. The standard InChI is InChI=1S/C21H30N4O/c1-14-7-8-18(15(2)9-14)24-19(26)16(12-22)13-25-20(3,4)10-17(23)11-21(25,5)6/h7-9,13,17H,10-11,23H2,1-6H3,(H,24,26)/b16-13-. The molecule has 5 heteroatoms. The minimum absolute atomic E-state index is 0.0987. The van der Waals surface area contributed by atoms with Crippen LogP contribution < -0.4 is 11.1 Å². The lowest BCUT2D eigenvalue weighted by Gasteiger charge is -2.54. The van der Waals surface area contributed by atoms with E-state index in [2.05, 4.69) is 44.0 Å². The SMILES string of the molecule is Cc1ccc(NC(=O)/C(C#N)=C\N2C(C)(C)CC(N)CC2(C)C)c(C)c1. The van der Waals surface area contributed by atoms with Crippen molar-refractivity contribution < 1.29 is 4.79 Å². The number of benzene rings is 1. The molecule has 1 aliphatic rings. The molecule has 1 fully saturated rings. The number of hydrogen-bond acceptors (Lipinski definition) is 4. The molecule has 0 unspecified atom stereocenters. The van der Waals surface area contributed by atoms with Crippen LogP contribution in [0.25, 0.3) is 0 Å². The summed E-state index contributed by atoms with van der Waals surface area (Å²) in [6, 6.07) is 7.98. The molecule has 1 aromatic carbocycles. The smallest absolute Gasteiger partial charge is 0.267 e. The maximum atomic E-state index is 12.7. The predicted molar refractivity (Wildman–Crippen MR) is 105 cm³/mol. The number of nitrogens with zero attached hydrogens (tertiary/aromatic N) is 2. The molecule has 1 heterocycles. The summed E-state index contributed by atoms with van der Waals surface area (Å²) in [5.74, 6) is -0.388. The van der Waals surface area contributed by atoms with E-state index in [4.69, 9.17) is 5.73 Å². The lowest BCUT2D eigenvalue weighted by Crippen LogP contribution is -2.61. The highest BCUT2D eigenvalue weighted by atomic mass is 16.1. The van der Waals surface area contributed by atoms with Crippen molar-refractivity contribution in [1.29, 1.82) is 5.26 Å². The molecule has 1 amide bonds. The Kier molecular flexibility index (Phi) is 5.48. The van der Waals surface area contributed by atoms with Crippen LogP contribution in [0, 0.1) is 25.2 Å². The first kappa shape index (κ1) is 20.0. The average molecular weight is 354 g/mol. The first-order valence-corrected chi connectivity index (χ1v) is 9.02. The van der Waals surface area contributed by atoms with Gasteiger partial charge in [-0.3, -0.25) is 4.79 Å². The number of nitriles is 1. The van der Waals surface area contributed by atoms with Crippen molar-refractivity contribution in [2.75, 3.05) is 5.32 Å². The molecule has 0 aromatic heterocycles. The van der Waals surface area contributed by atoms with Crippen molar-refractivity contribution in [2.24, 2.45) is 5.73 Å². The molecule has 0 saturated carbocycles. The van der Waals surface area contributed by atoms with Gasteiger partial charge >= 0.3 is 0 Å². The van der Waals surface area contributed by atoms with E-state index >= 15 is 0 Å². The summed E-state index contributed by atoms with van der Waals surface area (Å²) in [7, 11) is 0. The molecule has 2 rings (SSSR count). The Balaban J connectivity index is 2.31. The third-order valence-corrected chi connectivity index (χ3v) is 5.08. The van der Waals surface area contributed by atoms with Crippen molar-refractivity contribution in [2.45, 2.75) is 71.5 Å². The summed E-state index contributed by atoms with van der Waals surface area (Å²) >= 11 is 0. The maximum Gasteiger partial charge on any atom is 0.267 e. The van der Waals surface area contributed by atoms with Gasteiger partial charge in [0, 0.05) is 29.0 Å². The third kappa shape index (κ3) is 4.25. The van der Waals surface area contributed by atoms with E-state index in [1.807, 2.05) is 32.0 Å². The molecule has 5 nitrogen and oxygen atoms in total. The topological polar surface area (TPSA) is 82.2 Å². The Labute approximate surface area is 156 Å². The number of rotatable bonds is 3. The highest BCUT2D eigenvalue weighted by molar-refractivity contribution is 6.06. The van der Waals surface area contributed by atoms with E-state index in [1.165, 1.54) is 0 Å². The minimum atomic E-state index is -0.388.